The molecule has 1 aliphatic rings. The summed E-state index contributed by atoms with van der Waals surface area (Å²) in [6.07, 6.45) is 0.472. The Balaban J connectivity index is 1.53. The molecule has 0 bridgehead atoms. The van der Waals surface area contributed by atoms with E-state index in [0.29, 0.717) is 25.1 Å². The van der Waals surface area contributed by atoms with Crippen LogP contribution in [0.5, 0.6) is 0 Å². The minimum Gasteiger partial charge on any atom is -0.438 e. The number of carbonyl (C=O) groups is 2. The maximum atomic E-state index is 13.2. The fraction of sp³-hybridized carbons (Fsp3) is 0.321. The number of primary amides is 1. The van der Waals surface area contributed by atoms with Crippen LogP contribution in [0.4, 0.5) is 4.79 Å². The van der Waals surface area contributed by atoms with Crippen molar-refractivity contribution < 1.29 is 19.4 Å². The molecule has 1 aliphatic heterocycles. The number of ether oxygens (including phenoxy) is 1. The SMILES string of the molecule is CC(c1ccc(-c2cccc(C(N)=O)n2)cc1)N1CCC(CC(C)(C)O)(c2ccccc2)OC1=O. The molecule has 0 aliphatic carbocycles. The Morgan fingerprint density at radius 3 is 2.40 bits per heavy atom. The van der Waals surface area contributed by atoms with Gasteiger partial charge in [0.1, 0.15) is 11.3 Å². The van der Waals surface area contributed by atoms with Crippen molar-refractivity contribution in [2.75, 3.05) is 6.54 Å². The first-order valence-electron chi connectivity index (χ1n) is 11.7. The number of nitrogens with two attached hydrogens (primary N) is 1. The maximum Gasteiger partial charge on any atom is 0.411 e. The van der Waals surface area contributed by atoms with Gasteiger partial charge in [0.05, 0.1) is 17.3 Å². The van der Waals surface area contributed by atoms with Gasteiger partial charge in [-0.3, -0.25) is 4.79 Å². The Hall–Kier alpha value is -3.71. The van der Waals surface area contributed by atoms with Crippen molar-refractivity contribution in [2.45, 2.75) is 50.9 Å². The summed E-state index contributed by atoms with van der Waals surface area (Å²) in [6.45, 7) is 5.93. The van der Waals surface area contributed by atoms with Crippen molar-refractivity contribution in [3.63, 3.8) is 0 Å². The lowest BCUT2D eigenvalue weighted by Crippen LogP contribution is -2.51. The molecular weight excluding hydrogens is 442 g/mol. The van der Waals surface area contributed by atoms with Crippen molar-refractivity contribution in [3.05, 3.63) is 89.6 Å². The molecule has 1 fully saturated rings. The van der Waals surface area contributed by atoms with Gasteiger partial charge in [-0.2, -0.15) is 0 Å². The van der Waals surface area contributed by atoms with Crippen molar-refractivity contribution in [1.82, 2.24) is 9.88 Å². The predicted octanol–water partition coefficient (Wildman–Crippen LogP) is 4.81. The van der Waals surface area contributed by atoms with Gasteiger partial charge in [0.15, 0.2) is 0 Å². The van der Waals surface area contributed by atoms with Gasteiger partial charge in [0.25, 0.3) is 5.91 Å². The fourth-order valence-electron chi connectivity index (χ4n) is 4.74. The number of cyclic esters (lactones) is 1. The minimum absolute atomic E-state index is 0.211. The van der Waals surface area contributed by atoms with Gasteiger partial charge in [-0.25, -0.2) is 9.78 Å². The van der Waals surface area contributed by atoms with Crippen LogP contribution in [-0.2, 0) is 10.3 Å². The number of carbonyl (C=O) groups excluding carboxylic acids is 2. The number of rotatable bonds is 7. The van der Waals surface area contributed by atoms with Crippen LogP contribution in [-0.4, -0.2) is 39.1 Å². The topological polar surface area (TPSA) is 106 Å². The lowest BCUT2D eigenvalue weighted by Gasteiger charge is -2.45. The third-order valence-corrected chi connectivity index (χ3v) is 6.45. The van der Waals surface area contributed by atoms with Gasteiger partial charge in [-0.15, -0.1) is 0 Å². The molecule has 0 spiro atoms. The summed E-state index contributed by atoms with van der Waals surface area (Å²) < 4.78 is 6.09. The van der Waals surface area contributed by atoms with Gasteiger partial charge in [-0.1, -0.05) is 60.7 Å². The molecule has 1 aromatic heterocycles. The molecule has 3 N–H and O–H groups in total. The van der Waals surface area contributed by atoms with E-state index in [2.05, 4.69) is 4.98 Å². The van der Waals surface area contributed by atoms with Gasteiger partial charge in [0.2, 0.25) is 0 Å². The lowest BCUT2D eigenvalue weighted by molar-refractivity contribution is -0.101. The van der Waals surface area contributed by atoms with Gasteiger partial charge in [0, 0.05) is 24.9 Å². The highest BCUT2D eigenvalue weighted by atomic mass is 16.6. The zero-order valence-corrected chi connectivity index (χ0v) is 20.3. The second-order valence-electron chi connectivity index (χ2n) is 9.73. The number of amides is 2. The molecule has 2 aromatic carbocycles. The zero-order valence-electron chi connectivity index (χ0n) is 20.3. The quantitative estimate of drug-likeness (QED) is 0.512. The maximum absolute atomic E-state index is 13.2. The largest absolute Gasteiger partial charge is 0.438 e. The van der Waals surface area contributed by atoms with Crippen LogP contribution in [0.1, 0.15) is 61.3 Å². The van der Waals surface area contributed by atoms with E-state index in [1.165, 1.54) is 0 Å². The Labute approximate surface area is 205 Å². The Morgan fingerprint density at radius 1 is 1.11 bits per heavy atom. The predicted molar refractivity (Wildman–Crippen MR) is 133 cm³/mol. The first-order chi connectivity index (χ1) is 16.6. The van der Waals surface area contributed by atoms with Crippen LogP contribution in [0.3, 0.4) is 0 Å². The summed E-state index contributed by atoms with van der Waals surface area (Å²) in [5.41, 5.74) is 7.01. The lowest BCUT2D eigenvalue weighted by atomic mass is 9.80. The van der Waals surface area contributed by atoms with Crippen molar-refractivity contribution in [1.29, 1.82) is 0 Å². The van der Waals surface area contributed by atoms with E-state index in [1.807, 2.05) is 67.6 Å². The molecule has 7 heteroatoms. The Bertz CT molecular complexity index is 1200. The highest BCUT2D eigenvalue weighted by molar-refractivity contribution is 5.91. The molecule has 2 heterocycles. The number of nitrogens with zero attached hydrogens (tertiary/aromatic N) is 2. The van der Waals surface area contributed by atoms with Gasteiger partial charge < -0.3 is 20.5 Å². The van der Waals surface area contributed by atoms with Crippen LogP contribution in [0, 0.1) is 0 Å². The molecule has 2 unspecified atom stereocenters. The molecule has 1 saturated heterocycles. The molecular formula is C28H31N3O4. The van der Waals surface area contributed by atoms with Crippen LogP contribution >= 0.6 is 0 Å². The monoisotopic (exact) mass is 473 g/mol. The van der Waals surface area contributed by atoms with Crippen molar-refractivity contribution >= 4 is 12.0 Å². The standard InChI is InChI=1S/C28H31N3O4/c1-19(20-12-14-21(15-13-20)23-10-7-11-24(30-23)25(29)32)31-17-16-28(35-26(31)33,18-27(2,3)34)22-8-5-4-6-9-22/h4-15,19,34H,16-18H2,1-3H3,(H2,29,32). The molecule has 2 atom stereocenters. The fourth-order valence-corrected chi connectivity index (χ4v) is 4.74. The molecule has 0 radical (unpaired) electrons. The normalized spacial score (nSPS) is 19.2. The average molecular weight is 474 g/mol. The van der Waals surface area contributed by atoms with E-state index in [1.54, 1.807) is 30.9 Å². The third kappa shape index (κ3) is 5.35. The van der Waals surface area contributed by atoms with Crippen LogP contribution < -0.4 is 5.73 Å². The smallest absolute Gasteiger partial charge is 0.411 e. The van der Waals surface area contributed by atoms with E-state index >= 15 is 0 Å². The van der Waals surface area contributed by atoms with E-state index in [4.69, 9.17) is 10.5 Å². The van der Waals surface area contributed by atoms with Crippen LogP contribution in [0.2, 0.25) is 0 Å². The zero-order chi connectivity index (χ0) is 25.2. The second-order valence-corrected chi connectivity index (χ2v) is 9.73. The van der Waals surface area contributed by atoms with Gasteiger partial charge in [-0.05, 0) is 44.0 Å². The molecule has 4 rings (SSSR count). The van der Waals surface area contributed by atoms with Crippen molar-refractivity contribution in [2.24, 2.45) is 5.73 Å². The summed E-state index contributed by atoms with van der Waals surface area (Å²) in [4.78, 5) is 30.7. The summed E-state index contributed by atoms with van der Waals surface area (Å²) in [6, 6.07) is 22.3. The first-order valence-corrected chi connectivity index (χ1v) is 11.7. The average Bonchev–Trinajstić information content (AvgIpc) is 2.83. The molecule has 7 nitrogen and oxygen atoms in total. The summed E-state index contributed by atoms with van der Waals surface area (Å²) in [5, 5.41) is 10.6. The second kappa shape index (κ2) is 9.50. The Morgan fingerprint density at radius 2 is 1.80 bits per heavy atom. The van der Waals surface area contributed by atoms with Gasteiger partial charge >= 0.3 is 6.09 Å². The molecule has 0 saturated carbocycles. The number of aromatic nitrogens is 1. The van der Waals surface area contributed by atoms with E-state index < -0.39 is 23.2 Å². The molecule has 182 valence electrons. The van der Waals surface area contributed by atoms with Crippen LogP contribution in [0.25, 0.3) is 11.3 Å². The first kappa shape index (κ1) is 24.4. The molecule has 35 heavy (non-hydrogen) atoms. The molecule has 2 amide bonds. The van der Waals surface area contributed by atoms with E-state index in [0.717, 1.165) is 16.7 Å². The number of hydrogen-bond donors (Lipinski definition) is 2. The number of pyridine rings is 1. The van der Waals surface area contributed by atoms with E-state index in [-0.39, 0.29) is 11.7 Å². The van der Waals surface area contributed by atoms with Crippen molar-refractivity contribution in [3.8, 4) is 11.3 Å². The number of benzene rings is 2. The summed E-state index contributed by atoms with van der Waals surface area (Å²) in [7, 11) is 0. The Kier molecular flexibility index (Phi) is 6.63. The summed E-state index contributed by atoms with van der Waals surface area (Å²) >= 11 is 0. The minimum atomic E-state index is -1.00. The molecule has 3 aromatic rings. The highest BCUT2D eigenvalue weighted by Crippen LogP contribution is 2.42. The highest BCUT2D eigenvalue weighted by Gasteiger charge is 2.46. The number of aliphatic hydroxyl groups is 1. The van der Waals surface area contributed by atoms with Crippen LogP contribution in [0.15, 0.2) is 72.8 Å². The third-order valence-electron chi connectivity index (χ3n) is 6.45. The van der Waals surface area contributed by atoms with E-state index in [9.17, 15) is 14.7 Å². The summed E-state index contributed by atoms with van der Waals surface area (Å²) in [5.74, 6) is -0.572. The number of hydrogen-bond acceptors (Lipinski definition) is 5.